The van der Waals surface area contributed by atoms with Gasteiger partial charge in [0.25, 0.3) is 0 Å². The highest BCUT2D eigenvalue weighted by Gasteiger charge is 2.21. The number of rotatable bonds is 4. The van der Waals surface area contributed by atoms with E-state index in [2.05, 4.69) is 16.8 Å². The van der Waals surface area contributed by atoms with Gasteiger partial charge in [0.15, 0.2) is 0 Å². The predicted molar refractivity (Wildman–Crippen MR) is 82.0 cm³/mol. The number of methoxy groups -OCH3 is 1. The van der Waals surface area contributed by atoms with Crippen molar-refractivity contribution in [2.75, 3.05) is 20.2 Å². The lowest BCUT2D eigenvalue weighted by molar-refractivity contribution is 0.193. The number of likely N-dealkylation sites (tertiary alicyclic amines) is 1. The van der Waals surface area contributed by atoms with Crippen molar-refractivity contribution in [3.63, 3.8) is 0 Å². The molecule has 1 aliphatic rings. The molecule has 1 fully saturated rings. The van der Waals surface area contributed by atoms with Gasteiger partial charge in [-0.25, -0.2) is 0 Å². The molecular weight excluding hydrogens is 250 g/mol. The Morgan fingerprint density at radius 1 is 1.35 bits per heavy atom. The SMILES string of the molecule is COc1c(C)cnc(CN2CCCCCC2CN)c1C. The number of hydrogen-bond acceptors (Lipinski definition) is 4. The molecule has 0 bridgehead atoms. The van der Waals surface area contributed by atoms with Crippen molar-refractivity contribution in [1.29, 1.82) is 0 Å². The largest absolute Gasteiger partial charge is 0.496 e. The Morgan fingerprint density at radius 2 is 2.15 bits per heavy atom. The second kappa shape index (κ2) is 7.04. The van der Waals surface area contributed by atoms with Crippen LogP contribution in [-0.4, -0.2) is 36.1 Å². The minimum absolute atomic E-state index is 0.492. The number of aryl methyl sites for hydroxylation is 1. The minimum Gasteiger partial charge on any atom is -0.496 e. The van der Waals surface area contributed by atoms with Crippen molar-refractivity contribution >= 4 is 0 Å². The normalized spacial score (nSPS) is 20.7. The Bertz CT molecular complexity index is 448. The van der Waals surface area contributed by atoms with Crippen molar-refractivity contribution in [1.82, 2.24) is 9.88 Å². The average molecular weight is 277 g/mol. The van der Waals surface area contributed by atoms with Crippen molar-refractivity contribution in [3.05, 3.63) is 23.0 Å². The molecule has 0 saturated carbocycles. The van der Waals surface area contributed by atoms with E-state index in [1.807, 2.05) is 13.1 Å². The van der Waals surface area contributed by atoms with E-state index in [1.165, 1.54) is 25.7 Å². The van der Waals surface area contributed by atoms with Gasteiger partial charge >= 0.3 is 0 Å². The van der Waals surface area contributed by atoms with Gasteiger partial charge < -0.3 is 10.5 Å². The molecule has 1 unspecified atom stereocenters. The van der Waals surface area contributed by atoms with E-state index in [0.717, 1.165) is 42.2 Å². The van der Waals surface area contributed by atoms with Gasteiger partial charge in [-0.15, -0.1) is 0 Å². The van der Waals surface area contributed by atoms with Crippen LogP contribution in [0.15, 0.2) is 6.20 Å². The van der Waals surface area contributed by atoms with E-state index in [9.17, 15) is 0 Å². The second-order valence-electron chi connectivity index (χ2n) is 5.76. The fourth-order valence-corrected chi connectivity index (χ4v) is 3.13. The van der Waals surface area contributed by atoms with E-state index in [1.54, 1.807) is 7.11 Å². The van der Waals surface area contributed by atoms with Crippen LogP contribution in [0.2, 0.25) is 0 Å². The number of ether oxygens (including phenoxy) is 1. The summed E-state index contributed by atoms with van der Waals surface area (Å²) in [5.74, 6) is 0.967. The highest BCUT2D eigenvalue weighted by atomic mass is 16.5. The lowest BCUT2D eigenvalue weighted by Gasteiger charge is -2.29. The Hall–Kier alpha value is -1.13. The molecule has 0 spiro atoms. The summed E-state index contributed by atoms with van der Waals surface area (Å²) in [6, 6.07) is 0.492. The average Bonchev–Trinajstić information content (AvgIpc) is 2.67. The first-order valence-corrected chi connectivity index (χ1v) is 7.60. The van der Waals surface area contributed by atoms with Crippen LogP contribution in [0.1, 0.15) is 42.5 Å². The van der Waals surface area contributed by atoms with Crippen molar-refractivity contribution in [2.24, 2.45) is 5.73 Å². The molecule has 0 aromatic carbocycles. The van der Waals surface area contributed by atoms with Crippen LogP contribution in [0.4, 0.5) is 0 Å². The van der Waals surface area contributed by atoms with E-state index in [0.29, 0.717) is 6.04 Å². The van der Waals surface area contributed by atoms with Crippen molar-refractivity contribution < 1.29 is 4.74 Å². The van der Waals surface area contributed by atoms with E-state index in [-0.39, 0.29) is 0 Å². The molecule has 4 nitrogen and oxygen atoms in total. The molecule has 112 valence electrons. The van der Waals surface area contributed by atoms with Crippen LogP contribution in [0.5, 0.6) is 5.75 Å². The number of nitrogens with zero attached hydrogens (tertiary/aromatic N) is 2. The molecule has 2 N–H and O–H groups in total. The molecule has 1 aromatic heterocycles. The van der Waals surface area contributed by atoms with E-state index < -0.39 is 0 Å². The number of hydrogen-bond donors (Lipinski definition) is 1. The van der Waals surface area contributed by atoms with Crippen LogP contribution < -0.4 is 10.5 Å². The zero-order valence-electron chi connectivity index (χ0n) is 13.0. The number of pyridine rings is 1. The highest BCUT2D eigenvalue weighted by molar-refractivity contribution is 5.41. The van der Waals surface area contributed by atoms with Gasteiger partial charge in [-0.05, 0) is 33.2 Å². The summed E-state index contributed by atoms with van der Waals surface area (Å²) in [6.45, 7) is 6.88. The zero-order valence-corrected chi connectivity index (χ0v) is 13.0. The molecule has 0 amide bonds. The summed E-state index contributed by atoms with van der Waals surface area (Å²) >= 11 is 0. The summed E-state index contributed by atoms with van der Waals surface area (Å²) in [5.41, 5.74) is 9.32. The number of nitrogens with two attached hydrogens (primary N) is 1. The fourth-order valence-electron chi connectivity index (χ4n) is 3.13. The maximum absolute atomic E-state index is 5.95. The predicted octanol–water partition coefficient (Wildman–Crippen LogP) is 2.41. The van der Waals surface area contributed by atoms with Gasteiger partial charge in [0, 0.05) is 36.5 Å². The highest BCUT2D eigenvalue weighted by Crippen LogP contribution is 2.26. The molecule has 0 radical (unpaired) electrons. The first-order valence-electron chi connectivity index (χ1n) is 7.60. The number of aromatic nitrogens is 1. The Labute approximate surface area is 122 Å². The fraction of sp³-hybridized carbons (Fsp3) is 0.688. The molecule has 20 heavy (non-hydrogen) atoms. The smallest absolute Gasteiger partial charge is 0.128 e. The van der Waals surface area contributed by atoms with Crippen LogP contribution in [-0.2, 0) is 6.54 Å². The van der Waals surface area contributed by atoms with Gasteiger partial charge in [-0.2, -0.15) is 0 Å². The molecular formula is C16H27N3O. The van der Waals surface area contributed by atoms with E-state index in [4.69, 9.17) is 10.5 Å². The first-order chi connectivity index (χ1) is 9.67. The van der Waals surface area contributed by atoms with E-state index >= 15 is 0 Å². The molecule has 1 aliphatic heterocycles. The lowest BCUT2D eigenvalue weighted by Crippen LogP contribution is -2.40. The van der Waals surface area contributed by atoms with Crippen LogP contribution >= 0.6 is 0 Å². The van der Waals surface area contributed by atoms with Gasteiger partial charge in [0.2, 0.25) is 0 Å². The first kappa shape index (κ1) is 15.3. The van der Waals surface area contributed by atoms with Gasteiger partial charge in [-0.3, -0.25) is 9.88 Å². The summed E-state index contributed by atoms with van der Waals surface area (Å²) in [7, 11) is 1.73. The summed E-state index contributed by atoms with van der Waals surface area (Å²) < 4.78 is 5.50. The molecule has 2 heterocycles. The second-order valence-corrected chi connectivity index (χ2v) is 5.76. The van der Waals surface area contributed by atoms with Crippen LogP contribution in [0.25, 0.3) is 0 Å². The Balaban J connectivity index is 2.19. The monoisotopic (exact) mass is 277 g/mol. The maximum atomic E-state index is 5.95. The molecule has 1 saturated heterocycles. The van der Waals surface area contributed by atoms with Crippen LogP contribution in [0, 0.1) is 13.8 Å². The quantitative estimate of drug-likeness (QED) is 0.918. The Morgan fingerprint density at radius 3 is 2.85 bits per heavy atom. The topological polar surface area (TPSA) is 51.4 Å². The van der Waals surface area contributed by atoms with Gasteiger partial charge in [0.1, 0.15) is 5.75 Å². The molecule has 0 aliphatic carbocycles. The third-order valence-corrected chi connectivity index (χ3v) is 4.37. The standard InChI is InChI=1S/C16H27N3O/c1-12-10-18-15(13(2)16(12)20-3)11-19-8-6-4-5-7-14(19)9-17/h10,14H,4-9,11,17H2,1-3H3. The summed E-state index contributed by atoms with van der Waals surface area (Å²) in [6.07, 6.45) is 6.99. The molecule has 4 heteroatoms. The third kappa shape index (κ3) is 3.30. The van der Waals surface area contributed by atoms with Crippen molar-refractivity contribution in [2.45, 2.75) is 52.1 Å². The van der Waals surface area contributed by atoms with Crippen LogP contribution in [0.3, 0.4) is 0 Å². The van der Waals surface area contributed by atoms with Gasteiger partial charge in [0.05, 0.1) is 12.8 Å². The zero-order chi connectivity index (χ0) is 14.5. The van der Waals surface area contributed by atoms with Gasteiger partial charge in [-0.1, -0.05) is 12.8 Å². The van der Waals surface area contributed by atoms with Crippen molar-refractivity contribution in [3.8, 4) is 5.75 Å². The molecule has 2 rings (SSSR count). The maximum Gasteiger partial charge on any atom is 0.128 e. The Kier molecular flexibility index (Phi) is 5.38. The molecule has 1 atom stereocenters. The summed E-state index contributed by atoms with van der Waals surface area (Å²) in [5, 5.41) is 0. The lowest BCUT2D eigenvalue weighted by atomic mass is 10.1. The molecule has 1 aromatic rings. The summed E-state index contributed by atoms with van der Waals surface area (Å²) in [4.78, 5) is 7.11. The third-order valence-electron chi connectivity index (χ3n) is 4.37. The minimum atomic E-state index is 0.492.